The molecule has 8 heteroatoms. The van der Waals surface area contributed by atoms with Crippen LogP contribution in [0, 0.1) is 18.7 Å². The van der Waals surface area contributed by atoms with E-state index in [1.54, 1.807) is 15.6 Å². The Kier molecular flexibility index (Phi) is 4.65. The van der Waals surface area contributed by atoms with Crippen molar-refractivity contribution in [3.63, 3.8) is 0 Å². The normalized spacial score (nSPS) is 14.7. The molecule has 0 bridgehead atoms. The van der Waals surface area contributed by atoms with E-state index in [2.05, 4.69) is 15.3 Å². The number of likely N-dealkylation sites (tertiary alicyclic amines) is 1. The van der Waals surface area contributed by atoms with Gasteiger partial charge in [0.2, 0.25) is 0 Å². The molecule has 0 aliphatic carbocycles. The van der Waals surface area contributed by atoms with Crippen molar-refractivity contribution < 1.29 is 14.3 Å². The molecular formula is C19H22FN5O2. The molecule has 1 aliphatic heterocycles. The first-order chi connectivity index (χ1) is 13.0. The summed E-state index contributed by atoms with van der Waals surface area (Å²) >= 11 is 0. The summed E-state index contributed by atoms with van der Waals surface area (Å²) in [6.45, 7) is 4.07. The third-order valence-corrected chi connectivity index (χ3v) is 5.10. The third-order valence-electron chi connectivity index (χ3n) is 5.10. The molecule has 142 valence electrons. The van der Waals surface area contributed by atoms with Crippen LogP contribution >= 0.6 is 0 Å². The smallest absolute Gasteiger partial charge is 0.270 e. The molecule has 0 spiro atoms. The molecule has 1 fully saturated rings. The summed E-state index contributed by atoms with van der Waals surface area (Å²) in [6, 6.07) is 4.69. The van der Waals surface area contributed by atoms with Crippen molar-refractivity contribution >= 4 is 16.8 Å². The van der Waals surface area contributed by atoms with Crippen molar-refractivity contribution in [2.75, 3.05) is 19.7 Å². The molecule has 3 heterocycles. The van der Waals surface area contributed by atoms with Crippen LogP contribution in [0.2, 0.25) is 0 Å². The minimum Gasteiger partial charge on any atom is -0.396 e. The number of nitrogens with one attached hydrogen (secondary N) is 1. The van der Waals surface area contributed by atoms with Gasteiger partial charge in [0.25, 0.3) is 5.91 Å². The highest BCUT2D eigenvalue weighted by atomic mass is 19.1. The summed E-state index contributed by atoms with van der Waals surface area (Å²) in [5, 5.41) is 17.8. The van der Waals surface area contributed by atoms with Gasteiger partial charge in [-0.2, -0.15) is 0 Å². The fraction of sp³-hybridized carbons (Fsp3) is 0.421. The molecule has 0 radical (unpaired) electrons. The maximum absolute atomic E-state index is 13.5. The van der Waals surface area contributed by atoms with Gasteiger partial charge in [-0.25, -0.2) is 4.39 Å². The van der Waals surface area contributed by atoms with E-state index in [0.717, 1.165) is 29.6 Å². The summed E-state index contributed by atoms with van der Waals surface area (Å²) < 4.78 is 15.3. The number of halogens is 1. The highest BCUT2D eigenvalue weighted by Crippen LogP contribution is 2.25. The molecule has 4 rings (SSSR count). The first-order valence-electron chi connectivity index (χ1n) is 9.11. The number of carbonyl (C=O) groups is 1. The van der Waals surface area contributed by atoms with E-state index < -0.39 is 0 Å². The Morgan fingerprint density at radius 1 is 1.37 bits per heavy atom. The Labute approximate surface area is 155 Å². The number of aromatic nitrogens is 4. The fourth-order valence-electron chi connectivity index (χ4n) is 3.57. The summed E-state index contributed by atoms with van der Waals surface area (Å²) in [5.41, 5.74) is 2.75. The number of fused-ring (bicyclic) bond motifs is 1. The van der Waals surface area contributed by atoms with Crippen molar-refractivity contribution in [1.82, 2.24) is 24.9 Å². The number of benzene rings is 1. The second kappa shape index (κ2) is 7.11. The van der Waals surface area contributed by atoms with Crippen molar-refractivity contribution in [2.24, 2.45) is 5.92 Å². The Morgan fingerprint density at radius 2 is 2.19 bits per heavy atom. The number of aliphatic hydroxyl groups is 1. The predicted octanol–water partition coefficient (Wildman–Crippen LogP) is 1.90. The van der Waals surface area contributed by atoms with E-state index in [9.17, 15) is 9.18 Å². The topological polar surface area (TPSA) is 87.0 Å². The summed E-state index contributed by atoms with van der Waals surface area (Å²) in [7, 11) is 0. The Hall–Kier alpha value is -2.74. The van der Waals surface area contributed by atoms with Gasteiger partial charge < -0.3 is 15.0 Å². The van der Waals surface area contributed by atoms with Gasteiger partial charge in [-0.1, -0.05) is 5.21 Å². The molecule has 2 N–H and O–H groups in total. The van der Waals surface area contributed by atoms with Crippen LogP contribution in [0.15, 0.2) is 24.4 Å². The van der Waals surface area contributed by atoms with Crippen molar-refractivity contribution in [2.45, 2.75) is 26.3 Å². The molecule has 27 heavy (non-hydrogen) atoms. The molecular weight excluding hydrogens is 349 g/mol. The van der Waals surface area contributed by atoms with Crippen LogP contribution in [0.25, 0.3) is 10.9 Å². The third kappa shape index (κ3) is 3.57. The van der Waals surface area contributed by atoms with Crippen molar-refractivity contribution in [3.8, 4) is 0 Å². The van der Waals surface area contributed by atoms with E-state index in [4.69, 9.17) is 5.11 Å². The monoisotopic (exact) mass is 371 g/mol. The molecule has 1 aliphatic rings. The number of rotatable bonds is 6. The maximum Gasteiger partial charge on any atom is 0.270 e. The lowest BCUT2D eigenvalue weighted by atomic mass is 9.96. The molecule has 1 saturated heterocycles. The fourth-order valence-corrected chi connectivity index (χ4v) is 3.57. The van der Waals surface area contributed by atoms with E-state index in [0.29, 0.717) is 36.6 Å². The van der Waals surface area contributed by atoms with Crippen molar-refractivity contribution in [1.29, 1.82) is 0 Å². The number of H-pyrrole nitrogens is 1. The van der Waals surface area contributed by atoms with Gasteiger partial charge >= 0.3 is 0 Å². The largest absolute Gasteiger partial charge is 0.396 e. The average Bonchev–Trinajstić information content (AvgIpc) is 3.20. The van der Waals surface area contributed by atoms with Gasteiger partial charge in [-0.05, 0) is 43.0 Å². The lowest BCUT2D eigenvalue weighted by molar-refractivity contribution is 0.0470. The van der Waals surface area contributed by atoms with Crippen LogP contribution < -0.4 is 0 Å². The number of nitrogens with zero attached hydrogens (tertiary/aromatic N) is 4. The van der Waals surface area contributed by atoms with Crippen LogP contribution in [0.3, 0.4) is 0 Å². The Balaban J connectivity index is 1.32. The Bertz CT molecular complexity index is 974. The molecule has 0 unspecified atom stereocenters. The molecule has 2 aromatic heterocycles. The second-order valence-corrected chi connectivity index (χ2v) is 7.18. The van der Waals surface area contributed by atoms with Gasteiger partial charge in [-0.3, -0.25) is 9.48 Å². The molecule has 1 aromatic carbocycles. The second-order valence-electron chi connectivity index (χ2n) is 7.18. The molecule has 3 aromatic rings. The van der Waals surface area contributed by atoms with Gasteiger partial charge in [-0.15, -0.1) is 5.10 Å². The van der Waals surface area contributed by atoms with Gasteiger partial charge in [0.15, 0.2) is 0 Å². The van der Waals surface area contributed by atoms with E-state index >= 15 is 0 Å². The van der Waals surface area contributed by atoms with Crippen LogP contribution in [-0.4, -0.2) is 55.6 Å². The van der Waals surface area contributed by atoms with E-state index in [1.807, 2.05) is 13.1 Å². The number of aryl methyl sites for hydroxylation is 2. The van der Waals surface area contributed by atoms with Gasteiger partial charge in [0.05, 0.1) is 5.69 Å². The summed E-state index contributed by atoms with van der Waals surface area (Å²) in [4.78, 5) is 17.5. The molecule has 0 atom stereocenters. The van der Waals surface area contributed by atoms with Crippen LogP contribution in [0.4, 0.5) is 4.39 Å². The highest BCUT2D eigenvalue weighted by molar-refractivity contribution is 5.99. The van der Waals surface area contributed by atoms with Gasteiger partial charge in [0.1, 0.15) is 11.5 Å². The molecule has 7 nitrogen and oxygen atoms in total. The number of hydrogen-bond acceptors (Lipinski definition) is 4. The zero-order valence-electron chi connectivity index (χ0n) is 15.2. The molecule has 1 amide bonds. The minimum atomic E-state index is -0.305. The van der Waals surface area contributed by atoms with Crippen LogP contribution in [0.1, 0.15) is 28.2 Å². The zero-order chi connectivity index (χ0) is 19.0. The van der Waals surface area contributed by atoms with E-state index in [-0.39, 0.29) is 18.3 Å². The number of hydrogen-bond donors (Lipinski definition) is 2. The maximum atomic E-state index is 13.5. The zero-order valence-corrected chi connectivity index (χ0v) is 15.2. The van der Waals surface area contributed by atoms with Crippen LogP contribution in [-0.2, 0) is 13.0 Å². The van der Waals surface area contributed by atoms with Gasteiger partial charge in [0, 0.05) is 49.8 Å². The first kappa shape index (κ1) is 17.7. The van der Waals surface area contributed by atoms with Crippen molar-refractivity contribution in [3.05, 3.63) is 47.2 Å². The number of amides is 1. The predicted molar refractivity (Wildman–Crippen MR) is 97.8 cm³/mol. The number of carbonyl (C=O) groups excluding carboxylic acids is 1. The summed E-state index contributed by atoms with van der Waals surface area (Å²) in [6.07, 6.45) is 3.28. The standard InChI is InChI=1S/C19H22FN5O2/c1-12-6-14(20)7-17-16(12)8-18(21-17)19(27)24-9-13(10-24)2-4-25-11-15(3-5-26)22-23-25/h6-8,11,13,21,26H,2-5,9-10H2,1H3. The van der Waals surface area contributed by atoms with Crippen LogP contribution in [0.5, 0.6) is 0 Å². The quantitative estimate of drug-likeness (QED) is 0.693. The number of aliphatic hydroxyl groups excluding tert-OH is 1. The average molecular weight is 371 g/mol. The Morgan fingerprint density at radius 3 is 2.96 bits per heavy atom. The lowest BCUT2D eigenvalue weighted by Gasteiger charge is -2.39. The number of aromatic amines is 1. The minimum absolute atomic E-state index is 0.0479. The summed E-state index contributed by atoms with van der Waals surface area (Å²) in [5.74, 6) is 0.0800. The molecule has 0 saturated carbocycles. The highest BCUT2D eigenvalue weighted by Gasteiger charge is 2.31. The first-order valence-corrected chi connectivity index (χ1v) is 9.11. The SMILES string of the molecule is Cc1cc(F)cc2[nH]c(C(=O)N3CC(CCn4cc(CCO)nn4)C3)cc12. The lowest BCUT2D eigenvalue weighted by Crippen LogP contribution is -2.50. The van der Waals surface area contributed by atoms with E-state index in [1.165, 1.54) is 12.1 Å².